The molecule has 1 heterocycles. The van der Waals surface area contributed by atoms with E-state index in [0.29, 0.717) is 19.4 Å². The smallest absolute Gasteiger partial charge is 0.247 e. The van der Waals surface area contributed by atoms with Crippen LogP contribution >= 0.6 is 0 Å². The zero-order valence-corrected chi connectivity index (χ0v) is 16.7. The van der Waals surface area contributed by atoms with E-state index in [1.165, 1.54) is 17.5 Å². The molecule has 2 aromatic rings. The van der Waals surface area contributed by atoms with Crippen molar-refractivity contribution in [1.29, 1.82) is 0 Å². The zero-order valence-electron chi connectivity index (χ0n) is 16.7. The molecule has 1 aliphatic heterocycles. The van der Waals surface area contributed by atoms with Gasteiger partial charge in [0.15, 0.2) is 0 Å². The molecule has 2 amide bonds. The van der Waals surface area contributed by atoms with Crippen molar-refractivity contribution in [3.63, 3.8) is 0 Å². The third-order valence-electron chi connectivity index (χ3n) is 5.82. The Morgan fingerprint density at radius 1 is 1.04 bits per heavy atom. The average molecular weight is 377 g/mol. The minimum Gasteiger partial charge on any atom is -0.326 e. The maximum Gasteiger partial charge on any atom is 0.247 e. The van der Waals surface area contributed by atoms with Gasteiger partial charge in [-0.15, -0.1) is 0 Å². The van der Waals surface area contributed by atoms with Gasteiger partial charge in [0, 0.05) is 25.1 Å². The van der Waals surface area contributed by atoms with E-state index in [-0.39, 0.29) is 17.7 Å². The van der Waals surface area contributed by atoms with Gasteiger partial charge in [-0.25, -0.2) is 0 Å². The maximum atomic E-state index is 13.2. The highest BCUT2D eigenvalue weighted by atomic mass is 16.2. The van der Waals surface area contributed by atoms with Crippen LogP contribution in [0.3, 0.4) is 0 Å². The number of fused-ring (bicyclic) bond motifs is 2. The Morgan fingerprint density at radius 3 is 2.57 bits per heavy atom. The van der Waals surface area contributed by atoms with Gasteiger partial charge >= 0.3 is 0 Å². The first-order valence-corrected chi connectivity index (χ1v) is 10.3. The van der Waals surface area contributed by atoms with Crippen LogP contribution in [-0.4, -0.2) is 22.8 Å². The first-order valence-electron chi connectivity index (χ1n) is 10.3. The Morgan fingerprint density at radius 2 is 1.79 bits per heavy atom. The molecular formula is C24H28N2O2. The van der Waals surface area contributed by atoms with E-state index in [1.807, 2.05) is 32.0 Å². The summed E-state index contributed by atoms with van der Waals surface area (Å²) >= 11 is 0. The van der Waals surface area contributed by atoms with Crippen LogP contribution in [0.15, 0.2) is 42.5 Å². The normalized spacial score (nSPS) is 18.0. The molecule has 2 aliphatic rings. The van der Waals surface area contributed by atoms with Gasteiger partial charge in [0.25, 0.3) is 0 Å². The molecule has 0 fully saturated rings. The molecule has 0 unspecified atom stereocenters. The van der Waals surface area contributed by atoms with Crippen LogP contribution in [0.5, 0.6) is 0 Å². The van der Waals surface area contributed by atoms with Crippen molar-refractivity contribution in [3.05, 3.63) is 64.7 Å². The van der Waals surface area contributed by atoms with Gasteiger partial charge in [0.1, 0.15) is 6.04 Å². The molecule has 2 aromatic carbocycles. The number of nitrogens with one attached hydrogen (secondary N) is 1. The predicted molar refractivity (Wildman–Crippen MR) is 111 cm³/mol. The molecular weight excluding hydrogens is 348 g/mol. The monoisotopic (exact) mass is 376 g/mol. The Balaban J connectivity index is 1.57. The molecule has 28 heavy (non-hydrogen) atoms. The van der Waals surface area contributed by atoms with Crippen LogP contribution in [0.1, 0.15) is 48.9 Å². The highest BCUT2D eigenvalue weighted by Gasteiger charge is 2.34. The van der Waals surface area contributed by atoms with Gasteiger partial charge in [-0.05, 0) is 59.6 Å². The van der Waals surface area contributed by atoms with Crippen LogP contribution in [0.4, 0.5) is 5.69 Å². The lowest BCUT2D eigenvalue weighted by atomic mass is 9.92. The lowest BCUT2D eigenvalue weighted by molar-refractivity contribution is -0.140. The maximum absolute atomic E-state index is 13.2. The number of hydrogen-bond acceptors (Lipinski definition) is 2. The first kappa shape index (κ1) is 18.7. The van der Waals surface area contributed by atoms with Crippen molar-refractivity contribution in [3.8, 4) is 0 Å². The quantitative estimate of drug-likeness (QED) is 0.873. The Labute approximate surface area is 166 Å². The van der Waals surface area contributed by atoms with Gasteiger partial charge in [-0.1, -0.05) is 44.2 Å². The molecule has 0 saturated carbocycles. The molecule has 1 atom stereocenters. The summed E-state index contributed by atoms with van der Waals surface area (Å²) < 4.78 is 0. The van der Waals surface area contributed by atoms with E-state index >= 15 is 0 Å². The molecule has 4 nitrogen and oxygen atoms in total. The lowest BCUT2D eigenvalue weighted by Crippen LogP contribution is -2.50. The number of hydrogen-bond donors (Lipinski definition) is 1. The molecule has 0 aromatic heterocycles. The SMILES string of the molecule is CC(C)CC(=O)N1Cc2ccccc2C[C@@H]1C(=O)Nc1ccc2c(c1)CCC2. The van der Waals surface area contributed by atoms with Gasteiger partial charge in [0.2, 0.25) is 11.8 Å². The number of rotatable bonds is 4. The van der Waals surface area contributed by atoms with E-state index in [1.54, 1.807) is 4.90 Å². The standard InChI is InChI=1S/C24H28N2O2/c1-16(2)12-23(27)26-15-20-7-4-3-6-19(20)14-22(26)24(28)25-21-11-10-17-8-5-9-18(17)13-21/h3-4,6-7,10-11,13,16,22H,5,8-9,12,14-15H2,1-2H3,(H,25,28)/t22-/m1/s1. The van der Waals surface area contributed by atoms with Crippen LogP contribution in [0.25, 0.3) is 0 Å². The largest absolute Gasteiger partial charge is 0.326 e. The zero-order chi connectivity index (χ0) is 19.7. The topological polar surface area (TPSA) is 49.4 Å². The summed E-state index contributed by atoms with van der Waals surface area (Å²) in [5.74, 6) is 0.230. The fourth-order valence-corrected chi connectivity index (χ4v) is 4.36. The third kappa shape index (κ3) is 3.82. The van der Waals surface area contributed by atoms with Crippen LogP contribution < -0.4 is 5.32 Å². The van der Waals surface area contributed by atoms with E-state index in [2.05, 4.69) is 29.6 Å². The number of carbonyl (C=O) groups is 2. The number of carbonyl (C=O) groups excluding carboxylic acids is 2. The minimum absolute atomic E-state index is 0.0543. The lowest BCUT2D eigenvalue weighted by Gasteiger charge is -2.36. The summed E-state index contributed by atoms with van der Waals surface area (Å²) in [5.41, 5.74) is 5.85. The van der Waals surface area contributed by atoms with Crippen molar-refractivity contribution in [1.82, 2.24) is 4.90 Å². The number of amides is 2. The van der Waals surface area contributed by atoms with Crippen LogP contribution in [0, 0.1) is 5.92 Å². The van der Waals surface area contributed by atoms with Crippen LogP contribution in [0.2, 0.25) is 0 Å². The second-order valence-electron chi connectivity index (χ2n) is 8.43. The van der Waals surface area contributed by atoms with Gasteiger partial charge < -0.3 is 10.2 Å². The molecule has 0 spiro atoms. The number of anilines is 1. The second kappa shape index (κ2) is 7.78. The number of benzene rings is 2. The predicted octanol–water partition coefficient (Wildman–Crippen LogP) is 4.11. The Hall–Kier alpha value is -2.62. The number of aryl methyl sites for hydroxylation is 2. The highest BCUT2D eigenvalue weighted by molar-refractivity contribution is 5.97. The molecule has 1 aliphatic carbocycles. The highest BCUT2D eigenvalue weighted by Crippen LogP contribution is 2.28. The Kier molecular flexibility index (Phi) is 5.21. The van der Waals surface area contributed by atoms with E-state index < -0.39 is 6.04 Å². The van der Waals surface area contributed by atoms with Gasteiger partial charge in [0.05, 0.1) is 0 Å². The molecule has 4 rings (SSSR count). The molecule has 146 valence electrons. The minimum atomic E-state index is -0.464. The second-order valence-corrected chi connectivity index (χ2v) is 8.43. The summed E-state index contributed by atoms with van der Waals surface area (Å²) in [6.45, 7) is 4.58. The summed E-state index contributed by atoms with van der Waals surface area (Å²) in [7, 11) is 0. The van der Waals surface area contributed by atoms with E-state index in [4.69, 9.17) is 0 Å². The van der Waals surface area contributed by atoms with E-state index in [0.717, 1.165) is 29.7 Å². The molecule has 0 bridgehead atoms. The molecule has 4 heteroatoms. The van der Waals surface area contributed by atoms with Gasteiger partial charge in [-0.3, -0.25) is 9.59 Å². The first-order chi connectivity index (χ1) is 13.5. The fourth-order valence-electron chi connectivity index (χ4n) is 4.36. The van der Waals surface area contributed by atoms with Crippen molar-refractivity contribution in [2.24, 2.45) is 5.92 Å². The average Bonchev–Trinajstić information content (AvgIpc) is 3.14. The Bertz CT molecular complexity index is 903. The van der Waals surface area contributed by atoms with Crippen molar-refractivity contribution in [2.45, 2.75) is 58.5 Å². The molecule has 0 saturated heterocycles. The van der Waals surface area contributed by atoms with E-state index in [9.17, 15) is 9.59 Å². The third-order valence-corrected chi connectivity index (χ3v) is 5.82. The summed E-state index contributed by atoms with van der Waals surface area (Å²) in [4.78, 5) is 27.8. The van der Waals surface area contributed by atoms with Gasteiger partial charge in [-0.2, -0.15) is 0 Å². The molecule has 1 N–H and O–H groups in total. The van der Waals surface area contributed by atoms with Crippen molar-refractivity contribution < 1.29 is 9.59 Å². The van der Waals surface area contributed by atoms with Crippen molar-refractivity contribution in [2.75, 3.05) is 5.32 Å². The van der Waals surface area contributed by atoms with Crippen molar-refractivity contribution >= 4 is 17.5 Å². The van der Waals surface area contributed by atoms with Crippen LogP contribution in [-0.2, 0) is 35.4 Å². The summed E-state index contributed by atoms with van der Waals surface area (Å²) in [6, 6.07) is 13.9. The number of nitrogens with zero attached hydrogens (tertiary/aromatic N) is 1. The molecule has 0 radical (unpaired) electrons. The summed E-state index contributed by atoms with van der Waals surface area (Å²) in [5, 5.41) is 3.08. The summed E-state index contributed by atoms with van der Waals surface area (Å²) in [6.07, 6.45) is 4.42. The fraction of sp³-hybridized carbons (Fsp3) is 0.417.